The zero-order valence-electron chi connectivity index (χ0n) is 19.1. The summed E-state index contributed by atoms with van der Waals surface area (Å²) in [7, 11) is 0. The van der Waals surface area contributed by atoms with Crippen LogP contribution < -0.4 is 16.0 Å². The van der Waals surface area contributed by atoms with Crippen LogP contribution in [0.4, 0.5) is 13.9 Å². The lowest BCUT2D eigenvalue weighted by Crippen LogP contribution is -2.44. The number of nitrogens with zero attached hydrogens (tertiary/aromatic N) is 2. The Morgan fingerprint density at radius 2 is 1.78 bits per heavy atom. The molecule has 0 radical (unpaired) electrons. The highest BCUT2D eigenvalue weighted by Gasteiger charge is 2.26. The molecule has 3 N–H and O–H groups in total. The second-order valence-electron chi connectivity index (χ2n) is 8.63. The number of nitrogens with one attached hydrogen (secondary N) is 3. The summed E-state index contributed by atoms with van der Waals surface area (Å²) in [6.07, 6.45) is 0.967. The van der Waals surface area contributed by atoms with Crippen molar-refractivity contribution in [3.8, 4) is 0 Å². The molecule has 0 aliphatic heterocycles. The quantitative estimate of drug-likeness (QED) is 0.470. The highest BCUT2D eigenvalue weighted by Crippen LogP contribution is 2.31. The molecular weight excluding hydrogens is 436 g/mol. The molecule has 2 amide bonds. The van der Waals surface area contributed by atoms with Gasteiger partial charge >= 0.3 is 0 Å². The third kappa shape index (κ3) is 7.90. The van der Waals surface area contributed by atoms with Crippen LogP contribution in [-0.2, 0) is 21.4 Å². The van der Waals surface area contributed by atoms with Crippen LogP contribution in [0.2, 0.25) is 0 Å². The van der Waals surface area contributed by atoms with E-state index in [2.05, 4.69) is 53.8 Å². The molecule has 176 valence electrons. The van der Waals surface area contributed by atoms with Crippen LogP contribution in [0.5, 0.6) is 0 Å². The van der Waals surface area contributed by atoms with Gasteiger partial charge in [-0.1, -0.05) is 46.0 Å². The number of carbonyl (C=O) groups excluding carboxylic acids is 2. The van der Waals surface area contributed by atoms with Crippen molar-refractivity contribution >= 4 is 28.3 Å². The number of benzene rings is 1. The van der Waals surface area contributed by atoms with Crippen LogP contribution in [0.1, 0.15) is 58.0 Å². The fraction of sp³-hybridized carbons (Fsp3) is 0.545. The smallest absolute Gasteiger partial charge is 0.248 e. The first kappa shape index (κ1) is 25.8. The molecule has 1 atom stereocenters. The lowest BCUT2D eigenvalue weighted by Gasteiger charge is -2.22. The molecule has 7 nitrogen and oxygen atoms in total. The van der Waals surface area contributed by atoms with Crippen molar-refractivity contribution < 1.29 is 18.4 Å². The Morgan fingerprint density at radius 1 is 1.12 bits per heavy atom. The number of hydrogen-bond acceptors (Lipinski definition) is 6. The van der Waals surface area contributed by atoms with E-state index in [1.54, 1.807) is 6.92 Å². The molecule has 0 aliphatic carbocycles. The Labute approximate surface area is 191 Å². The topological polar surface area (TPSA) is 96.0 Å². The van der Waals surface area contributed by atoms with E-state index < -0.39 is 29.5 Å². The molecular formula is C22H31F2N5O2S. The summed E-state index contributed by atoms with van der Waals surface area (Å²) < 4.78 is 26.6. The fourth-order valence-corrected chi connectivity index (χ4v) is 3.89. The molecule has 1 unspecified atom stereocenters. The van der Waals surface area contributed by atoms with Crippen LogP contribution in [0, 0.1) is 11.6 Å². The summed E-state index contributed by atoms with van der Waals surface area (Å²) in [6.45, 7) is 10.9. The van der Waals surface area contributed by atoms with Gasteiger partial charge in [-0.2, -0.15) is 0 Å². The van der Waals surface area contributed by atoms with Crippen molar-refractivity contribution in [2.75, 3.05) is 11.9 Å². The first-order valence-corrected chi connectivity index (χ1v) is 11.4. The maximum Gasteiger partial charge on any atom is 0.248 e. The van der Waals surface area contributed by atoms with Crippen molar-refractivity contribution in [1.82, 2.24) is 20.8 Å². The van der Waals surface area contributed by atoms with Crippen molar-refractivity contribution in [3.05, 3.63) is 40.4 Å². The standard InChI is InChI=1S/C22H31F2N5O2S/c1-6-17(26-18(30)11-14-9-15(23)12-16(24)10-14)19(31)27-21-29-28-20(32-21)22(4,5)7-8-25-13(2)3/h9-10,12-13,17,25H,6-8,11H2,1-5H3,(H,26,30)(H,27,29,31). The zero-order chi connectivity index (χ0) is 23.9. The average Bonchev–Trinajstić information content (AvgIpc) is 3.14. The molecule has 0 fully saturated rings. The van der Waals surface area contributed by atoms with Gasteiger partial charge in [0.05, 0.1) is 6.42 Å². The van der Waals surface area contributed by atoms with Gasteiger partial charge < -0.3 is 10.6 Å². The van der Waals surface area contributed by atoms with E-state index in [4.69, 9.17) is 0 Å². The maximum atomic E-state index is 13.3. The Kier molecular flexibility index (Phi) is 9.21. The number of rotatable bonds is 11. The molecule has 0 aliphatic rings. The molecule has 0 bridgehead atoms. The van der Waals surface area contributed by atoms with E-state index >= 15 is 0 Å². The van der Waals surface area contributed by atoms with Crippen molar-refractivity contribution in [2.45, 2.75) is 71.4 Å². The summed E-state index contributed by atoms with van der Waals surface area (Å²) in [5.41, 5.74) is -0.0144. The molecule has 2 rings (SSSR count). The highest BCUT2D eigenvalue weighted by atomic mass is 32.1. The molecule has 1 heterocycles. The number of halogens is 2. The molecule has 2 aromatic rings. The summed E-state index contributed by atoms with van der Waals surface area (Å²) in [6, 6.07) is 2.51. The summed E-state index contributed by atoms with van der Waals surface area (Å²) in [5.74, 6) is -2.44. The first-order valence-electron chi connectivity index (χ1n) is 10.6. The van der Waals surface area contributed by atoms with Crippen molar-refractivity contribution in [1.29, 1.82) is 0 Å². The van der Waals surface area contributed by atoms with Gasteiger partial charge in [-0.15, -0.1) is 10.2 Å². The molecule has 1 aromatic heterocycles. The minimum Gasteiger partial charge on any atom is -0.344 e. The Hall–Kier alpha value is -2.46. The maximum absolute atomic E-state index is 13.3. The van der Waals surface area contributed by atoms with Gasteiger partial charge in [0, 0.05) is 17.5 Å². The van der Waals surface area contributed by atoms with E-state index in [9.17, 15) is 18.4 Å². The SMILES string of the molecule is CCC(NC(=O)Cc1cc(F)cc(F)c1)C(=O)Nc1nnc(C(C)(C)CCNC(C)C)s1. The van der Waals surface area contributed by atoms with Crippen molar-refractivity contribution in [2.24, 2.45) is 0 Å². The molecule has 0 spiro atoms. The van der Waals surface area contributed by atoms with Crippen LogP contribution in [0.25, 0.3) is 0 Å². The summed E-state index contributed by atoms with van der Waals surface area (Å²) in [5, 5.41) is 18.1. The van der Waals surface area contributed by atoms with Gasteiger partial charge in [-0.25, -0.2) is 8.78 Å². The lowest BCUT2D eigenvalue weighted by atomic mass is 9.90. The highest BCUT2D eigenvalue weighted by molar-refractivity contribution is 7.15. The number of aromatic nitrogens is 2. The van der Waals surface area contributed by atoms with Crippen LogP contribution >= 0.6 is 11.3 Å². The van der Waals surface area contributed by atoms with E-state index in [0.717, 1.165) is 36.2 Å². The van der Waals surface area contributed by atoms with E-state index in [-0.39, 0.29) is 17.4 Å². The largest absolute Gasteiger partial charge is 0.344 e. The average molecular weight is 468 g/mol. The third-order valence-corrected chi connectivity index (χ3v) is 6.09. The van der Waals surface area contributed by atoms with Crippen LogP contribution in [0.15, 0.2) is 18.2 Å². The van der Waals surface area contributed by atoms with E-state index in [1.807, 2.05) is 0 Å². The van der Waals surface area contributed by atoms with Crippen molar-refractivity contribution in [3.63, 3.8) is 0 Å². The van der Waals surface area contributed by atoms with E-state index in [1.165, 1.54) is 11.3 Å². The minimum atomic E-state index is -0.809. The van der Waals surface area contributed by atoms with Gasteiger partial charge in [0.15, 0.2) is 0 Å². The second kappa shape index (κ2) is 11.4. The Bertz CT molecular complexity index is 913. The Balaban J connectivity index is 1.94. The minimum absolute atomic E-state index is 0.193. The van der Waals surface area contributed by atoms with Gasteiger partial charge in [-0.05, 0) is 37.1 Å². The molecule has 0 saturated carbocycles. The van der Waals surface area contributed by atoms with E-state index in [0.29, 0.717) is 17.6 Å². The summed E-state index contributed by atoms with van der Waals surface area (Å²) >= 11 is 1.30. The number of hydrogen-bond donors (Lipinski definition) is 3. The normalized spacial score (nSPS) is 12.6. The molecule has 32 heavy (non-hydrogen) atoms. The fourth-order valence-electron chi connectivity index (χ4n) is 3.02. The first-order chi connectivity index (χ1) is 15.0. The monoisotopic (exact) mass is 467 g/mol. The number of carbonyl (C=O) groups is 2. The van der Waals surface area contributed by atoms with Gasteiger partial charge in [0.2, 0.25) is 16.9 Å². The Morgan fingerprint density at radius 3 is 2.38 bits per heavy atom. The van der Waals surface area contributed by atoms with Crippen LogP contribution in [0.3, 0.4) is 0 Å². The predicted molar refractivity (Wildman–Crippen MR) is 122 cm³/mol. The van der Waals surface area contributed by atoms with Gasteiger partial charge in [0.25, 0.3) is 0 Å². The predicted octanol–water partition coefficient (Wildman–Crippen LogP) is 3.56. The lowest BCUT2D eigenvalue weighted by molar-refractivity contribution is -0.126. The molecule has 10 heteroatoms. The summed E-state index contributed by atoms with van der Waals surface area (Å²) in [4.78, 5) is 24.9. The number of amides is 2. The number of anilines is 1. The molecule has 0 saturated heterocycles. The van der Waals surface area contributed by atoms with Gasteiger partial charge in [0.1, 0.15) is 22.7 Å². The van der Waals surface area contributed by atoms with Gasteiger partial charge in [-0.3, -0.25) is 14.9 Å². The third-order valence-electron chi connectivity index (χ3n) is 4.88. The zero-order valence-corrected chi connectivity index (χ0v) is 19.9. The second-order valence-corrected chi connectivity index (χ2v) is 9.60. The van der Waals surface area contributed by atoms with Crippen LogP contribution in [-0.4, -0.2) is 40.6 Å². The molecule has 1 aromatic carbocycles.